The monoisotopic (exact) mass is 830 g/mol. The molecule has 0 spiro atoms. The Hall–Kier alpha value is -8.87. The number of para-hydroxylation sites is 2. The minimum Gasteiger partial charge on any atom is -0.456 e. The van der Waals surface area contributed by atoms with Crippen LogP contribution in [0.15, 0.2) is 215 Å². The van der Waals surface area contributed by atoms with E-state index in [1.54, 1.807) is 0 Å². The van der Waals surface area contributed by atoms with Crippen molar-refractivity contribution in [3.8, 4) is 51.0 Å². The highest BCUT2D eigenvalue weighted by atomic mass is 16.3. The van der Waals surface area contributed by atoms with Gasteiger partial charge >= 0.3 is 0 Å². The first-order valence-electron chi connectivity index (χ1n) is 21.8. The zero-order chi connectivity index (χ0) is 42.6. The minimum absolute atomic E-state index is 0.547. The topological polar surface area (TPSA) is 69.9 Å². The number of furan rings is 2. The molecule has 4 aromatic heterocycles. The number of hydrogen-bond donors (Lipinski definition) is 0. The van der Waals surface area contributed by atoms with Crippen molar-refractivity contribution in [1.29, 1.82) is 0 Å². The first-order valence-corrected chi connectivity index (χ1v) is 21.8. The third-order valence-electron chi connectivity index (χ3n) is 13.0. The minimum atomic E-state index is 0.547. The molecule has 65 heavy (non-hydrogen) atoms. The molecule has 0 aliphatic rings. The van der Waals surface area contributed by atoms with Gasteiger partial charge in [0.25, 0.3) is 0 Å². The Morgan fingerprint density at radius 2 is 0.923 bits per heavy atom. The van der Waals surface area contributed by atoms with Crippen LogP contribution in [0.25, 0.3) is 138 Å². The molecular formula is C59H34N4O2. The molecule has 14 aromatic rings. The fraction of sp³-hybridized carbons (Fsp3) is 0. The standard InChI is InChI=1S/C59H34N4O2/c1-2-12-35(13-3-1)36-22-24-38(25-23-36)57-60-58(41-26-28-46-45-19-9-11-21-52(45)64-54(46)34-41)62-59(61-57)42-31-48-55-43-17-7-6-14-37(43)27-29-53(55)65-56(48)51(33-42)63-49-20-10-8-18-44(49)47-30-39-15-4-5-16-40(39)32-50(47)63/h1-34H. The van der Waals surface area contributed by atoms with E-state index in [0.717, 1.165) is 105 Å². The first kappa shape index (κ1) is 35.7. The highest BCUT2D eigenvalue weighted by molar-refractivity contribution is 6.22. The van der Waals surface area contributed by atoms with Gasteiger partial charge in [-0.2, -0.15) is 0 Å². The number of fused-ring (bicyclic) bond motifs is 12. The van der Waals surface area contributed by atoms with E-state index in [-0.39, 0.29) is 0 Å². The maximum atomic E-state index is 7.01. The summed E-state index contributed by atoms with van der Waals surface area (Å²) in [5.74, 6) is 1.67. The predicted molar refractivity (Wildman–Crippen MR) is 265 cm³/mol. The van der Waals surface area contributed by atoms with E-state index in [2.05, 4.69) is 180 Å². The smallest absolute Gasteiger partial charge is 0.164 e. The van der Waals surface area contributed by atoms with Crippen LogP contribution in [0.2, 0.25) is 0 Å². The van der Waals surface area contributed by atoms with Crippen molar-refractivity contribution < 1.29 is 8.83 Å². The maximum absolute atomic E-state index is 7.01. The lowest BCUT2D eigenvalue weighted by atomic mass is 10.0. The number of benzene rings is 10. The molecule has 10 aromatic carbocycles. The van der Waals surface area contributed by atoms with E-state index in [4.69, 9.17) is 23.8 Å². The van der Waals surface area contributed by atoms with Gasteiger partial charge < -0.3 is 13.4 Å². The molecule has 0 saturated carbocycles. The Morgan fingerprint density at radius 1 is 0.308 bits per heavy atom. The summed E-state index contributed by atoms with van der Waals surface area (Å²) < 4.78 is 15.7. The average molecular weight is 831 g/mol. The number of aromatic nitrogens is 4. The Kier molecular flexibility index (Phi) is 7.59. The number of nitrogens with zero attached hydrogens (tertiary/aromatic N) is 4. The van der Waals surface area contributed by atoms with E-state index < -0.39 is 0 Å². The van der Waals surface area contributed by atoms with Crippen LogP contribution in [0, 0.1) is 0 Å². The molecule has 4 heterocycles. The molecule has 0 unspecified atom stereocenters. The van der Waals surface area contributed by atoms with Crippen LogP contribution in [0.3, 0.4) is 0 Å². The van der Waals surface area contributed by atoms with E-state index in [9.17, 15) is 0 Å². The molecule has 14 rings (SSSR count). The quantitative estimate of drug-likeness (QED) is 0.173. The van der Waals surface area contributed by atoms with Crippen molar-refractivity contribution in [3.63, 3.8) is 0 Å². The van der Waals surface area contributed by atoms with Gasteiger partial charge in [-0.05, 0) is 87.3 Å². The molecule has 302 valence electrons. The summed E-state index contributed by atoms with van der Waals surface area (Å²) in [6.07, 6.45) is 0. The maximum Gasteiger partial charge on any atom is 0.164 e. The summed E-state index contributed by atoms with van der Waals surface area (Å²) in [5.41, 5.74) is 11.1. The molecule has 6 heteroatoms. The third kappa shape index (κ3) is 5.57. The van der Waals surface area contributed by atoms with Crippen LogP contribution in [0.4, 0.5) is 0 Å². The Balaban J connectivity index is 1.06. The zero-order valence-corrected chi connectivity index (χ0v) is 34.7. The van der Waals surface area contributed by atoms with E-state index >= 15 is 0 Å². The van der Waals surface area contributed by atoms with Gasteiger partial charge in [0.05, 0.1) is 16.7 Å². The Bertz CT molecular complexity index is 4240. The fourth-order valence-corrected chi connectivity index (χ4v) is 9.91. The van der Waals surface area contributed by atoms with Gasteiger partial charge in [0, 0.05) is 49.0 Å². The molecule has 0 atom stereocenters. The van der Waals surface area contributed by atoms with Gasteiger partial charge in [-0.25, -0.2) is 15.0 Å². The highest BCUT2D eigenvalue weighted by Gasteiger charge is 2.23. The average Bonchev–Trinajstić information content (AvgIpc) is 4.05. The Morgan fingerprint density at radius 3 is 1.75 bits per heavy atom. The molecule has 0 amide bonds. The van der Waals surface area contributed by atoms with Crippen molar-refractivity contribution in [2.75, 3.05) is 0 Å². The van der Waals surface area contributed by atoms with Crippen LogP contribution in [0.5, 0.6) is 0 Å². The second kappa shape index (κ2) is 13.8. The van der Waals surface area contributed by atoms with Crippen molar-refractivity contribution in [2.24, 2.45) is 0 Å². The zero-order valence-electron chi connectivity index (χ0n) is 34.7. The molecule has 0 N–H and O–H groups in total. The summed E-state index contributed by atoms with van der Waals surface area (Å²) in [7, 11) is 0. The van der Waals surface area contributed by atoms with Crippen molar-refractivity contribution in [3.05, 3.63) is 206 Å². The number of rotatable bonds is 5. The van der Waals surface area contributed by atoms with E-state index in [0.29, 0.717) is 17.5 Å². The third-order valence-corrected chi connectivity index (χ3v) is 13.0. The molecule has 0 aliphatic heterocycles. The van der Waals surface area contributed by atoms with Crippen molar-refractivity contribution in [1.82, 2.24) is 19.5 Å². The van der Waals surface area contributed by atoms with E-state index in [1.807, 2.05) is 30.3 Å². The Labute approximate surface area is 371 Å². The van der Waals surface area contributed by atoms with Crippen molar-refractivity contribution >= 4 is 87.2 Å². The number of hydrogen-bond acceptors (Lipinski definition) is 5. The second-order valence-electron chi connectivity index (χ2n) is 16.8. The van der Waals surface area contributed by atoms with Crippen LogP contribution >= 0.6 is 0 Å². The van der Waals surface area contributed by atoms with Crippen LogP contribution in [-0.2, 0) is 0 Å². The lowest BCUT2D eigenvalue weighted by Gasteiger charge is -2.13. The van der Waals surface area contributed by atoms with Crippen LogP contribution in [-0.4, -0.2) is 19.5 Å². The lowest BCUT2D eigenvalue weighted by Crippen LogP contribution is -2.01. The molecule has 0 radical (unpaired) electrons. The van der Waals surface area contributed by atoms with Crippen molar-refractivity contribution in [2.45, 2.75) is 0 Å². The summed E-state index contributed by atoms with van der Waals surface area (Å²) in [6.45, 7) is 0. The van der Waals surface area contributed by atoms with Gasteiger partial charge in [-0.15, -0.1) is 0 Å². The lowest BCUT2D eigenvalue weighted by molar-refractivity contribution is 0.666. The van der Waals surface area contributed by atoms with Gasteiger partial charge in [0.2, 0.25) is 0 Å². The molecule has 6 nitrogen and oxygen atoms in total. The summed E-state index contributed by atoms with van der Waals surface area (Å²) in [6, 6.07) is 72.2. The molecule has 0 bridgehead atoms. The van der Waals surface area contributed by atoms with Crippen LogP contribution < -0.4 is 0 Å². The molecular weight excluding hydrogens is 797 g/mol. The van der Waals surface area contributed by atoms with Gasteiger partial charge in [-0.1, -0.05) is 152 Å². The largest absolute Gasteiger partial charge is 0.456 e. The summed E-state index contributed by atoms with van der Waals surface area (Å²) in [4.78, 5) is 15.9. The van der Waals surface area contributed by atoms with Gasteiger partial charge in [-0.3, -0.25) is 0 Å². The second-order valence-corrected chi connectivity index (χ2v) is 16.8. The van der Waals surface area contributed by atoms with Gasteiger partial charge in [0.15, 0.2) is 23.1 Å². The molecule has 0 aliphatic carbocycles. The highest BCUT2D eigenvalue weighted by Crippen LogP contribution is 2.43. The summed E-state index contributed by atoms with van der Waals surface area (Å²) >= 11 is 0. The summed E-state index contributed by atoms with van der Waals surface area (Å²) in [5, 5.41) is 11.1. The van der Waals surface area contributed by atoms with E-state index in [1.165, 1.54) is 16.2 Å². The predicted octanol–water partition coefficient (Wildman–Crippen LogP) is 15.7. The molecule has 0 fully saturated rings. The first-order chi connectivity index (χ1) is 32.2. The van der Waals surface area contributed by atoms with Crippen LogP contribution in [0.1, 0.15) is 0 Å². The normalized spacial score (nSPS) is 12.0. The molecule has 0 saturated heterocycles. The van der Waals surface area contributed by atoms with Gasteiger partial charge in [0.1, 0.15) is 16.7 Å². The SMILES string of the molecule is c1ccc(-c2ccc(-c3nc(-c4ccc5c(c4)oc4ccccc45)nc(-c4cc(-n5c6ccccc6c6cc7ccccc7cc65)c5oc6ccc7ccccc7c6c5c4)n3)cc2)cc1. The fourth-order valence-electron chi connectivity index (χ4n) is 9.91.